The molecule has 1 N–H and O–H groups in total. The first-order valence-corrected chi connectivity index (χ1v) is 7.02. The number of pyridine rings is 1. The third-order valence-electron chi connectivity index (χ3n) is 4.01. The summed E-state index contributed by atoms with van der Waals surface area (Å²) < 4.78 is 5.38. The van der Waals surface area contributed by atoms with Crippen LogP contribution in [0.3, 0.4) is 0 Å². The van der Waals surface area contributed by atoms with Crippen LogP contribution in [0.15, 0.2) is 24.3 Å². The number of benzene rings is 1. The molecule has 1 atom stereocenters. The van der Waals surface area contributed by atoms with Crippen LogP contribution < -0.4 is 9.64 Å². The highest BCUT2D eigenvalue weighted by Crippen LogP contribution is 2.34. The predicted molar refractivity (Wildman–Crippen MR) is 81.0 cm³/mol. The molecule has 1 unspecified atom stereocenters. The number of hydrogen-bond acceptors (Lipinski definition) is 4. The molecule has 2 aromatic rings. The predicted octanol–water partition coefficient (Wildman–Crippen LogP) is 2.46. The van der Waals surface area contributed by atoms with Gasteiger partial charge in [-0.15, -0.1) is 0 Å². The van der Waals surface area contributed by atoms with Crippen LogP contribution in [0, 0.1) is 12.8 Å². The van der Waals surface area contributed by atoms with Gasteiger partial charge in [-0.1, -0.05) is 12.1 Å². The van der Waals surface area contributed by atoms with Gasteiger partial charge in [-0.3, -0.25) is 4.79 Å². The van der Waals surface area contributed by atoms with E-state index >= 15 is 0 Å². The van der Waals surface area contributed by atoms with E-state index in [0.29, 0.717) is 13.0 Å². The van der Waals surface area contributed by atoms with E-state index < -0.39 is 5.97 Å². The zero-order valence-corrected chi connectivity index (χ0v) is 12.2. The Morgan fingerprint density at radius 3 is 2.95 bits per heavy atom. The Kier molecular flexibility index (Phi) is 3.41. The van der Waals surface area contributed by atoms with Gasteiger partial charge in [0.1, 0.15) is 11.3 Å². The second-order valence-corrected chi connectivity index (χ2v) is 5.41. The van der Waals surface area contributed by atoms with Crippen molar-refractivity contribution >= 4 is 22.6 Å². The molecule has 1 aromatic heterocycles. The molecular formula is C16H18N2O3. The van der Waals surface area contributed by atoms with Crippen LogP contribution in [0.1, 0.15) is 12.1 Å². The number of methoxy groups -OCH3 is 1. The number of carboxylic acid groups (broad SMARTS) is 1. The van der Waals surface area contributed by atoms with Crippen LogP contribution in [-0.4, -0.2) is 36.3 Å². The van der Waals surface area contributed by atoms with E-state index in [4.69, 9.17) is 9.84 Å². The summed E-state index contributed by atoms with van der Waals surface area (Å²) in [7, 11) is 1.63. The lowest BCUT2D eigenvalue weighted by atomic mass is 10.1. The van der Waals surface area contributed by atoms with Crippen molar-refractivity contribution in [2.45, 2.75) is 13.3 Å². The molecular weight excluding hydrogens is 268 g/mol. The molecule has 3 rings (SSSR count). The van der Waals surface area contributed by atoms with E-state index in [1.54, 1.807) is 7.11 Å². The number of aryl methyl sites for hydroxylation is 1. The first-order chi connectivity index (χ1) is 10.1. The third-order valence-corrected chi connectivity index (χ3v) is 4.01. The molecule has 0 saturated carbocycles. The lowest BCUT2D eigenvalue weighted by Gasteiger charge is -2.21. The fraction of sp³-hybridized carbons (Fsp3) is 0.375. The van der Waals surface area contributed by atoms with Crippen molar-refractivity contribution in [3.05, 3.63) is 30.0 Å². The number of aromatic nitrogens is 1. The van der Waals surface area contributed by atoms with E-state index in [9.17, 15) is 4.79 Å². The molecule has 1 aliphatic rings. The van der Waals surface area contributed by atoms with Gasteiger partial charge in [0.2, 0.25) is 0 Å². The average Bonchev–Trinajstić information content (AvgIpc) is 2.95. The zero-order valence-electron chi connectivity index (χ0n) is 12.2. The van der Waals surface area contributed by atoms with Crippen molar-refractivity contribution in [3.63, 3.8) is 0 Å². The summed E-state index contributed by atoms with van der Waals surface area (Å²) in [5.74, 6) is -0.268. The van der Waals surface area contributed by atoms with Gasteiger partial charge in [0.15, 0.2) is 0 Å². The van der Waals surface area contributed by atoms with Gasteiger partial charge in [-0.2, -0.15) is 0 Å². The molecule has 1 aliphatic heterocycles. The third kappa shape index (κ3) is 2.39. The lowest BCUT2D eigenvalue weighted by molar-refractivity contribution is -0.140. The molecule has 110 valence electrons. The molecule has 0 radical (unpaired) electrons. The first-order valence-electron chi connectivity index (χ1n) is 7.02. The Bertz CT molecular complexity index is 699. The highest BCUT2D eigenvalue weighted by atomic mass is 16.5. The number of fused-ring (bicyclic) bond motifs is 1. The molecule has 0 bridgehead atoms. The maximum atomic E-state index is 11.2. The molecule has 0 aliphatic carbocycles. The highest BCUT2D eigenvalue weighted by molar-refractivity contribution is 5.95. The SMILES string of the molecule is COc1cccc2c(N3CCC(C(=O)O)C3)cc(C)nc12. The molecule has 1 saturated heterocycles. The van der Waals surface area contributed by atoms with Crippen LogP contribution in [0.5, 0.6) is 5.75 Å². The molecule has 5 heteroatoms. The quantitative estimate of drug-likeness (QED) is 0.939. The highest BCUT2D eigenvalue weighted by Gasteiger charge is 2.29. The van der Waals surface area contributed by atoms with Crippen LogP contribution in [0.25, 0.3) is 10.9 Å². The standard InChI is InChI=1S/C16H18N2O3/c1-10-8-13(18-7-6-11(9-18)16(19)20)12-4-3-5-14(21-2)15(12)17-10/h3-5,8,11H,6-7,9H2,1-2H3,(H,19,20). The number of anilines is 1. The number of rotatable bonds is 3. The minimum absolute atomic E-state index is 0.292. The van der Waals surface area contributed by atoms with E-state index in [2.05, 4.69) is 9.88 Å². The Morgan fingerprint density at radius 1 is 1.48 bits per heavy atom. The monoisotopic (exact) mass is 286 g/mol. The molecule has 5 nitrogen and oxygen atoms in total. The summed E-state index contributed by atoms with van der Waals surface area (Å²) in [6.07, 6.45) is 0.683. The minimum Gasteiger partial charge on any atom is -0.494 e. The molecule has 1 aromatic carbocycles. The van der Waals surface area contributed by atoms with E-state index in [0.717, 1.165) is 34.6 Å². The summed E-state index contributed by atoms with van der Waals surface area (Å²) in [5, 5.41) is 10.2. The molecule has 2 heterocycles. The number of para-hydroxylation sites is 1. The van der Waals surface area contributed by atoms with Gasteiger partial charge >= 0.3 is 5.97 Å². The van der Waals surface area contributed by atoms with Crippen LogP contribution in [0.4, 0.5) is 5.69 Å². The Labute approximate surface area is 123 Å². The molecule has 0 spiro atoms. The number of nitrogens with zero attached hydrogens (tertiary/aromatic N) is 2. The first kappa shape index (κ1) is 13.7. The Hall–Kier alpha value is -2.30. The van der Waals surface area contributed by atoms with Gasteiger partial charge in [0.25, 0.3) is 0 Å². The lowest BCUT2D eigenvalue weighted by Crippen LogP contribution is -2.23. The van der Waals surface area contributed by atoms with Gasteiger partial charge in [-0.05, 0) is 25.5 Å². The topological polar surface area (TPSA) is 62.7 Å². The van der Waals surface area contributed by atoms with E-state index in [-0.39, 0.29) is 5.92 Å². The van der Waals surface area contributed by atoms with E-state index in [1.165, 1.54) is 0 Å². The smallest absolute Gasteiger partial charge is 0.308 e. The normalized spacial score (nSPS) is 18.2. The van der Waals surface area contributed by atoms with Crippen molar-refractivity contribution in [1.29, 1.82) is 0 Å². The second kappa shape index (κ2) is 5.24. The van der Waals surface area contributed by atoms with Gasteiger partial charge < -0.3 is 14.7 Å². The maximum Gasteiger partial charge on any atom is 0.308 e. The minimum atomic E-state index is -0.717. The largest absolute Gasteiger partial charge is 0.494 e. The fourth-order valence-corrected chi connectivity index (χ4v) is 2.94. The second-order valence-electron chi connectivity index (χ2n) is 5.41. The number of aliphatic carboxylic acids is 1. The summed E-state index contributed by atoms with van der Waals surface area (Å²) >= 11 is 0. The molecule has 0 amide bonds. The molecule has 1 fully saturated rings. The number of ether oxygens (including phenoxy) is 1. The average molecular weight is 286 g/mol. The summed E-state index contributed by atoms with van der Waals surface area (Å²) in [6.45, 7) is 3.25. The Balaban J connectivity index is 2.09. The van der Waals surface area contributed by atoms with Crippen molar-refractivity contribution in [3.8, 4) is 5.75 Å². The van der Waals surface area contributed by atoms with Crippen molar-refractivity contribution in [1.82, 2.24) is 4.98 Å². The number of carboxylic acids is 1. The van der Waals surface area contributed by atoms with Crippen molar-refractivity contribution in [2.24, 2.45) is 5.92 Å². The number of carbonyl (C=O) groups is 1. The number of hydrogen-bond donors (Lipinski definition) is 1. The fourth-order valence-electron chi connectivity index (χ4n) is 2.94. The maximum absolute atomic E-state index is 11.2. The molecule has 21 heavy (non-hydrogen) atoms. The van der Waals surface area contributed by atoms with Gasteiger partial charge in [0, 0.05) is 29.9 Å². The van der Waals surface area contributed by atoms with E-state index in [1.807, 2.05) is 31.2 Å². The van der Waals surface area contributed by atoms with Gasteiger partial charge in [0.05, 0.1) is 13.0 Å². The van der Waals surface area contributed by atoms with Crippen molar-refractivity contribution in [2.75, 3.05) is 25.1 Å². The van der Waals surface area contributed by atoms with Gasteiger partial charge in [-0.25, -0.2) is 4.98 Å². The van der Waals surface area contributed by atoms with Crippen LogP contribution in [-0.2, 0) is 4.79 Å². The van der Waals surface area contributed by atoms with Crippen LogP contribution in [0.2, 0.25) is 0 Å². The summed E-state index contributed by atoms with van der Waals surface area (Å²) in [5.41, 5.74) is 2.77. The van der Waals surface area contributed by atoms with Crippen LogP contribution >= 0.6 is 0 Å². The summed E-state index contributed by atoms with van der Waals surface area (Å²) in [4.78, 5) is 17.8. The van der Waals surface area contributed by atoms with Crippen molar-refractivity contribution < 1.29 is 14.6 Å². The Morgan fingerprint density at radius 2 is 2.29 bits per heavy atom. The zero-order chi connectivity index (χ0) is 15.0. The summed E-state index contributed by atoms with van der Waals surface area (Å²) in [6, 6.07) is 7.86.